The topological polar surface area (TPSA) is 33.5 Å². The van der Waals surface area contributed by atoms with Crippen LogP contribution in [0.2, 0.25) is 0 Å². The smallest absolute Gasteiger partial charge is 0.185 e. The van der Waals surface area contributed by atoms with Crippen LogP contribution in [0.25, 0.3) is 0 Å². The second kappa shape index (κ2) is 5.05. The Morgan fingerprint density at radius 3 is 2.82 bits per heavy atom. The molecule has 0 amide bonds. The number of hydrogen-bond acceptors (Lipinski definition) is 3. The van der Waals surface area contributed by atoms with Gasteiger partial charge in [-0.1, -0.05) is 13.8 Å². The summed E-state index contributed by atoms with van der Waals surface area (Å²) < 4.78 is 5.44. The van der Waals surface area contributed by atoms with Crippen molar-refractivity contribution in [2.45, 2.75) is 39.8 Å². The first kappa shape index (κ1) is 12.4. The zero-order chi connectivity index (χ0) is 12.4. The second-order valence-corrected chi connectivity index (χ2v) is 5.41. The predicted molar refractivity (Wildman–Crippen MR) is 66.9 cm³/mol. The minimum Gasteiger partial charge on any atom is -0.457 e. The van der Waals surface area contributed by atoms with Crippen LogP contribution >= 0.6 is 0 Å². The largest absolute Gasteiger partial charge is 0.457 e. The van der Waals surface area contributed by atoms with Crippen molar-refractivity contribution in [1.82, 2.24) is 4.90 Å². The maximum Gasteiger partial charge on any atom is 0.185 e. The molecular formula is C14H21NO2. The lowest BCUT2D eigenvalue weighted by Gasteiger charge is -2.40. The Balaban J connectivity index is 2.03. The molecular weight excluding hydrogens is 214 g/mol. The quantitative estimate of drug-likeness (QED) is 0.755. The van der Waals surface area contributed by atoms with Gasteiger partial charge in [-0.25, -0.2) is 0 Å². The molecule has 0 N–H and O–H groups in total. The van der Waals surface area contributed by atoms with E-state index in [-0.39, 0.29) is 0 Å². The van der Waals surface area contributed by atoms with E-state index in [2.05, 4.69) is 25.7 Å². The van der Waals surface area contributed by atoms with Crippen molar-refractivity contribution in [3.05, 3.63) is 23.7 Å². The van der Waals surface area contributed by atoms with Crippen LogP contribution in [0.1, 0.15) is 43.5 Å². The number of piperidine rings is 1. The van der Waals surface area contributed by atoms with Crippen LogP contribution in [0.15, 0.2) is 16.5 Å². The van der Waals surface area contributed by atoms with E-state index in [9.17, 15) is 4.79 Å². The molecule has 2 heterocycles. The van der Waals surface area contributed by atoms with Gasteiger partial charge in [-0.15, -0.1) is 0 Å². The highest BCUT2D eigenvalue weighted by atomic mass is 16.3. The van der Waals surface area contributed by atoms with E-state index in [1.807, 2.05) is 6.07 Å². The number of carbonyl (C=O) groups excluding carboxylic acids is 1. The normalized spacial score (nSPS) is 30.4. The first-order valence-electron chi connectivity index (χ1n) is 6.38. The Hall–Kier alpha value is -1.09. The van der Waals surface area contributed by atoms with Gasteiger partial charge >= 0.3 is 0 Å². The number of likely N-dealkylation sites (tertiary alicyclic amines) is 1. The lowest BCUT2D eigenvalue weighted by Crippen LogP contribution is -2.45. The molecule has 17 heavy (non-hydrogen) atoms. The molecule has 0 aliphatic carbocycles. The summed E-state index contributed by atoms with van der Waals surface area (Å²) in [4.78, 5) is 13.0. The van der Waals surface area contributed by atoms with Crippen LogP contribution in [0.3, 0.4) is 0 Å². The highest BCUT2D eigenvalue weighted by molar-refractivity contribution is 5.70. The lowest BCUT2D eigenvalue weighted by molar-refractivity contribution is 0.0664. The molecule has 3 nitrogen and oxygen atoms in total. The molecule has 0 saturated carbocycles. The molecule has 1 saturated heterocycles. The lowest BCUT2D eigenvalue weighted by atomic mass is 9.86. The van der Waals surface area contributed by atoms with Gasteiger partial charge in [0.1, 0.15) is 5.76 Å². The third kappa shape index (κ3) is 2.78. The van der Waals surface area contributed by atoms with Gasteiger partial charge < -0.3 is 4.42 Å². The monoisotopic (exact) mass is 235 g/mol. The molecule has 1 fully saturated rings. The Labute approximate surface area is 103 Å². The molecule has 0 bridgehead atoms. The molecule has 0 spiro atoms. The molecule has 1 aromatic heterocycles. The highest BCUT2D eigenvalue weighted by Gasteiger charge is 2.29. The van der Waals surface area contributed by atoms with Gasteiger partial charge in [-0.2, -0.15) is 0 Å². The van der Waals surface area contributed by atoms with Gasteiger partial charge in [0.15, 0.2) is 12.0 Å². The Kier molecular flexibility index (Phi) is 3.67. The molecule has 1 aliphatic rings. The second-order valence-electron chi connectivity index (χ2n) is 5.41. The maximum atomic E-state index is 10.6. The van der Waals surface area contributed by atoms with Gasteiger partial charge in [0.05, 0.1) is 6.54 Å². The fourth-order valence-electron chi connectivity index (χ4n) is 2.78. The molecule has 0 aromatic carbocycles. The average Bonchev–Trinajstić information content (AvgIpc) is 2.73. The van der Waals surface area contributed by atoms with Crippen molar-refractivity contribution in [3.8, 4) is 0 Å². The minimum absolute atomic E-state index is 0.422. The van der Waals surface area contributed by atoms with E-state index in [4.69, 9.17) is 4.42 Å². The zero-order valence-electron chi connectivity index (χ0n) is 10.8. The average molecular weight is 235 g/mol. The summed E-state index contributed by atoms with van der Waals surface area (Å²) in [6, 6.07) is 4.22. The number of nitrogens with zero attached hydrogens (tertiary/aromatic N) is 1. The van der Waals surface area contributed by atoms with Crippen LogP contribution in [-0.2, 0) is 6.54 Å². The summed E-state index contributed by atoms with van der Waals surface area (Å²) in [5.74, 6) is 2.77. The van der Waals surface area contributed by atoms with E-state index in [0.717, 1.165) is 37.0 Å². The molecule has 0 radical (unpaired) electrons. The molecule has 2 rings (SSSR count). The first-order valence-corrected chi connectivity index (χ1v) is 6.38. The van der Waals surface area contributed by atoms with Crippen LogP contribution < -0.4 is 0 Å². The molecule has 3 heteroatoms. The molecule has 1 aromatic rings. The maximum absolute atomic E-state index is 10.6. The van der Waals surface area contributed by atoms with Crippen molar-refractivity contribution in [2.75, 3.05) is 6.54 Å². The van der Waals surface area contributed by atoms with Crippen molar-refractivity contribution in [1.29, 1.82) is 0 Å². The predicted octanol–water partition coefficient (Wildman–Crippen LogP) is 2.96. The summed E-state index contributed by atoms with van der Waals surface area (Å²) in [7, 11) is 0. The Morgan fingerprint density at radius 2 is 2.18 bits per heavy atom. The standard InChI is InChI=1S/C14H21NO2/c1-10-6-11(2)12(3)15(7-10)8-13-4-5-14(9-16)17-13/h4-5,9-12H,6-8H2,1-3H3. The Morgan fingerprint density at radius 1 is 1.41 bits per heavy atom. The Bertz CT molecular complexity index is 385. The summed E-state index contributed by atoms with van der Waals surface area (Å²) in [6.45, 7) is 8.81. The third-order valence-electron chi connectivity index (χ3n) is 3.88. The molecule has 94 valence electrons. The summed E-state index contributed by atoms with van der Waals surface area (Å²) in [5, 5.41) is 0. The van der Waals surface area contributed by atoms with Crippen molar-refractivity contribution >= 4 is 6.29 Å². The molecule has 3 unspecified atom stereocenters. The van der Waals surface area contributed by atoms with Crippen LogP contribution in [0.4, 0.5) is 0 Å². The fourth-order valence-corrected chi connectivity index (χ4v) is 2.78. The highest BCUT2D eigenvalue weighted by Crippen LogP contribution is 2.28. The summed E-state index contributed by atoms with van der Waals surface area (Å²) in [5.41, 5.74) is 0. The van der Waals surface area contributed by atoms with E-state index in [0.29, 0.717) is 11.8 Å². The van der Waals surface area contributed by atoms with Crippen molar-refractivity contribution < 1.29 is 9.21 Å². The molecule has 1 aliphatic heterocycles. The summed E-state index contributed by atoms with van der Waals surface area (Å²) >= 11 is 0. The number of hydrogen-bond donors (Lipinski definition) is 0. The number of furan rings is 1. The summed E-state index contributed by atoms with van der Waals surface area (Å²) in [6.07, 6.45) is 2.06. The SMILES string of the molecule is CC1CC(C)C(C)N(Cc2ccc(C=O)o2)C1. The van der Waals surface area contributed by atoms with E-state index in [1.54, 1.807) is 6.07 Å². The number of rotatable bonds is 3. The van der Waals surface area contributed by atoms with E-state index in [1.165, 1.54) is 6.42 Å². The van der Waals surface area contributed by atoms with Gasteiger partial charge in [-0.05, 0) is 37.3 Å². The zero-order valence-corrected chi connectivity index (χ0v) is 10.8. The first-order chi connectivity index (χ1) is 8.10. The third-order valence-corrected chi connectivity index (χ3v) is 3.88. The van der Waals surface area contributed by atoms with Gasteiger partial charge in [-0.3, -0.25) is 9.69 Å². The fraction of sp³-hybridized carbons (Fsp3) is 0.643. The van der Waals surface area contributed by atoms with Crippen LogP contribution in [0.5, 0.6) is 0 Å². The molecule has 3 atom stereocenters. The minimum atomic E-state index is 0.422. The van der Waals surface area contributed by atoms with Gasteiger partial charge in [0.25, 0.3) is 0 Å². The van der Waals surface area contributed by atoms with E-state index < -0.39 is 0 Å². The van der Waals surface area contributed by atoms with Crippen molar-refractivity contribution in [2.24, 2.45) is 11.8 Å². The van der Waals surface area contributed by atoms with Crippen molar-refractivity contribution in [3.63, 3.8) is 0 Å². The van der Waals surface area contributed by atoms with Crippen LogP contribution in [-0.4, -0.2) is 23.8 Å². The van der Waals surface area contributed by atoms with Gasteiger partial charge in [0, 0.05) is 12.6 Å². The van der Waals surface area contributed by atoms with E-state index >= 15 is 0 Å². The van der Waals surface area contributed by atoms with Crippen LogP contribution in [0, 0.1) is 11.8 Å². The number of carbonyl (C=O) groups is 1. The van der Waals surface area contributed by atoms with Gasteiger partial charge in [0.2, 0.25) is 0 Å². The number of aldehydes is 1.